The van der Waals surface area contributed by atoms with E-state index in [0.29, 0.717) is 12.4 Å². The summed E-state index contributed by atoms with van der Waals surface area (Å²) in [6.07, 6.45) is 0.790. The van der Waals surface area contributed by atoms with Crippen LogP contribution in [0.15, 0.2) is 42.5 Å². The Kier molecular flexibility index (Phi) is 4.65. The number of nitrogens with one attached hydrogen (secondary N) is 2. The molecule has 0 unspecified atom stereocenters. The van der Waals surface area contributed by atoms with Gasteiger partial charge >= 0.3 is 0 Å². The minimum atomic E-state index is -0.491. The van der Waals surface area contributed by atoms with Gasteiger partial charge in [-0.1, -0.05) is 18.2 Å². The Hall–Kier alpha value is -2.43. The first-order valence-electron chi connectivity index (χ1n) is 6.36. The molecule has 0 saturated heterocycles. The highest BCUT2D eigenvalue weighted by Gasteiger charge is 1.98. The topological polar surface area (TPSA) is 54.0 Å². The lowest BCUT2D eigenvalue weighted by molar-refractivity contribution is -0.114. The summed E-state index contributed by atoms with van der Waals surface area (Å²) in [5.74, 6) is -0.0499. The van der Waals surface area contributed by atoms with E-state index in [2.05, 4.69) is 15.6 Å². The first-order valence-corrected chi connectivity index (χ1v) is 6.36. The lowest BCUT2D eigenvalue weighted by atomic mass is 10.1. The first-order chi connectivity index (χ1) is 9.63. The zero-order valence-corrected chi connectivity index (χ0v) is 11.2. The summed E-state index contributed by atoms with van der Waals surface area (Å²) in [6.45, 7) is 2.14. The third-order valence-electron chi connectivity index (χ3n) is 2.71. The van der Waals surface area contributed by atoms with Gasteiger partial charge < -0.3 is 10.6 Å². The van der Waals surface area contributed by atoms with Gasteiger partial charge in [-0.25, -0.2) is 4.98 Å². The summed E-state index contributed by atoms with van der Waals surface area (Å²) in [4.78, 5) is 14.6. The van der Waals surface area contributed by atoms with E-state index in [0.717, 1.165) is 17.7 Å². The zero-order chi connectivity index (χ0) is 14.4. The van der Waals surface area contributed by atoms with E-state index in [4.69, 9.17) is 0 Å². The summed E-state index contributed by atoms with van der Waals surface area (Å²) >= 11 is 0. The number of anilines is 2. The maximum Gasteiger partial charge on any atom is 0.221 e. The largest absolute Gasteiger partial charge is 0.370 e. The predicted molar refractivity (Wildman–Crippen MR) is 77.1 cm³/mol. The summed E-state index contributed by atoms with van der Waals surface area (Å²) < 4.78 is 12.9. The highest BCUT2D eigenvalue weighted by Crippen LogP contribution is 2.10. The van der Waals surface area contributed by atoms with Crippen molar-refractivity contribution in [3.05, 3.63) is 54.0 Å². The Balaban J connectivity index is 1.83. The quantitative estimate of drug-likeness (QED) is 0.824. The number of carbonyl (C=O) groups excluding carboxylic acids is 1. The minimum Gasteiger partial charge on any atom is -0.370 e. The molecule has 0 atom stereocenters. The van der Waals surface area contributed by atoms with Crippen molar-refractivity contribution in [2.75, 3.05) is 17.2 Å². The third-order valence-corrected chi connectivity index (χ3v) is 2.71. The van der Waals surface area contributed by atoms with Crippen molar-refractivity contribution in [1.82, 2.24) is 4.98 Å². The van der Waals surface area contributed by atoms with Gasteiger partial charge in [0.15, 0.2) is 0 Å². The molecule has 1 aromatic heterocycles. The second kappa shape index (κ2) is 6.65. The fourth-order valence-electron chi connectivity index (χ4n) is 1.80. The van der Waals surface area contributed by atoms with Crippen LogP contribution in [0.25, 0.3) is 0 Å². The van der Waals surface area contributed by atoms with Gasteiger partial charge in [-0.2, -0.15) is 4.39 Å². The predicted octanol–water partition coefficient (Wildman–Crippen LogP) is 2.83. The zero-order valence-electron chi connectivity index (χ0n) is 11.2. The fraction of sp³-hybridized carbons (Fsp3) is 0.200. The number of aromatic nitrogens is 1. The van der Waals surface area contributed by atoms with Crippen LogP contribution in [0.4, 0.5) is 15.9 Å². The van der Waals surface area contributed by atoms with Crippen molar-refractivity contribution in [2.24, 2.45) is 0 Å². The Morgan fingerprint density at radius 3 is 2.60 bits per heavy atom. The normalized spacial score (nSPS) is 10.1. The maximum atomic E-state index is 12.9. The summed E-state index contributed by atoms with van der Waals surface area (Å²) in [5.41, 5.74) is 1.91. The number of benzene rings is 1. The number of rotatable bonds is 5. The van der Waals surface area contributed by atoms with Gasteiger partial charge in [0, 0.05) is 19.2 Å². The molecule has 2 N–H and O–H groups in total. The first kappa shape index (κ1) is 14.0. The van der Waals surface area contributed by atoms with Crippen molar-refractivity contribution in [3.8, 4) is 0 Å². The van der Waals surface area contributed by atoms with E-state index in [1.165, 1.54) is 13.0 Å². The summed E-state index contributed by atoms with van der Waals surface area (Å²) in [7, 11) is 0. The molecule has 1 aromatic carbocycles. The number of pyridine rings is 1. The lowest BCUT2D eigenvalue weighted by Crippen LogP contribution is -2.07. The summed E-state index contributed by atoms with van der Waals surface area (Å²) in [6, 6.07) is 12.3. The number of amides is 1. The molecule has 0 aliphatic rings. The van der Waals surface area contributed by atoms with E-state index in [1.807, 2.05) is 24.3 Å². The molecule has 2 rings (SSSR count). The molecule has 4 nitrogen and oxygen atoms in total. The van der Waals surface area contributed by atoms with Gasteiger partial charge in [-0.3, -0.25) is 4.79 Å². The van der Waals surface area contributed by atoms with Crippen LogP contribution in [0.3, 0.4) is 0 Å². The Morgan fingerprint density at radius 1 is 1.20 bits per heavy atom. The molecule has 0 fully saturated rings. The summed E-state index contributed by atoms with van der Waals surface area (Å²) in [5, 5.41) is 5.77. The van der Waals surface area contributed by atoms with E-state index < -0.39 is 5.95 Å². The smallest absolute Gasteiger partial charge is 0.221 e. The van der Waals surface area contributed by atoms with Crippen molar-refractivity contribution in [2.45, 2.75) is 13.3 Å². The van der Waals surface area contributed by atoms with Crippen LogP contribution >= 0.6 is 0 Å². The van der Waals surface area contributed by atoms with Gasteiger partial charge in [-0.05, 0) is 36.2 Å². The SMILES string of the molecule is CC(=O)Nc1ccc(CCNc2cccc(F)n2)cc1. The number of hydrogen-bond acceptors (Lipinski definition) is 3. The van der Waals surface area contributed by atoms with E-state index in [9.17, 15) is 9.18 Å². The van der Waals surface area contributed by atoms with Crippen LogP contribution < -0.4 is 10.6 Å². The standard InChI is InChI=1S/C15H16FN3O/c1-11(20)18-13-7-5-12(6-8-13)9-10-17-15-4-2-3-14(16)19-15/h2-8H,9-10H2,1H3,(H,17,19)(H,18,20). The van der Waals surface area contributed by atoms with Gasteiger partial charge in [0.1, 0.15) is 5.82 Å². The van der Waals surface area contributed by atoms with Crippen molar-refractivity contribution in [1.29, 1.82) is 0 Å². The molecule has 1 heterocycles. The lowest BCUT2D eigenvalue weighted by Gasteiger charge is -2.07. The van der Waals surface area contributed by atoms with E-state index >= 15 is 0 Å². The van der Waals surface area contributed by atoms with Crippen LogP contribution in [-0.4, -0.2) is 17.4 Å². The molecule has 2 aromatic rings. The molecular formula is C15H16FN3O. The molecular weight excluding hydrogens is 257 g/mol. The van der Waals surface area contributed by atoms with Crippen LogP contribution in [0.1, 0.15) is 12.5 Å². The van der Waals surface area contributed by atoms with E-state index in [1.54, 1.807) is 12.1 Å². The second-order valence-corrected chi connectivity index (χ2v) is 4.40. The highest BCUT2D eigenvalue weighted by molar-refractivity contribution is 5.88. The number of nitrogens with zero attached hydrogens (tertiary/aromatic N) is 1. The minimum absolute atomic E-state index is 0.0865. The van der Waals surface area contributed by atoms with Crippen LogP contribution in [0.2, 0.25) is 0 Å². The van der Waals surface area contributed by atoms with Crippen LogP contribution in [0, 0.1) is 5.95 Å². The molecule has 0 bridgehead atoms. The number of carbonyl (C=O) groups is 1. The molecule has 104 valence electrons. The molecule has 0 spiro atoms. The molecule has 0 aliphatic carbocycles. The molecule has 20 heavy (non-hydrogen) atoms. The van der Waals surface area contributed by atoms with Crippen molar-refractivity contribution < 1.29 is 9.18 Å². The van der Waals surface area contributed by atoms with Crippen molar-refractivity contribution >= 4 is 17.4 Å². The molecule has 0 aliphatic heterocycles. The van der Waals surface area contributed by atoms with Gasteiger partial charge in [0.2, 0.25) is 11.9 Å². The van der Waals surface area contributed by atoms with Gasteiger partial charge in [-0.15, -0.1) is 0 Å². The average molecular weight is 273 g/mol. The Labute approximate surface area is 117 Å². The number of halogens is 1. The number of hydrogen-bond donors (Lipinski definition) is 2. The highest BCUT2D eigenvalue weighted by atomic mass is 19.1. The fourth-order valence-corrected chi connectivity index (χ4v) is 1.80. The second-order valence-electron chi connectivity index (χ2n) is 4.40. The molecule has 5 heteroatoms. The molecule has 0 radical (unpaired) electrons. The molecule has 0 saturated carbocycles. The van der Waals surface area contributed by atoms with Crippen LogP contribution in [0.5, 0.6) is 0 Å². The third kappa shape index (κ3) is 4.35. The monoisotopic (exact) mass is 273 g/mol. The Morgan fingerprint density at radius 2 is 1.95 bits per heavy atom. The van der Waals surface area contributed by atoms with Crippen LogP contribution in [-0.2, 0) is 11.2 Å². The Bertz CT molecular complexity index is 584. The van der Waals surface area contributed by atoms with Crippen molar-refractivity contribution in [3.63, 3.8) is 0 Å². The van der Waals surface area contributed by atoms with Gasteiger partial charge in [0.25, 0.3) is 0 Å². The maximum absolute atomic E-state index is 12.9. The molecule has 1 amide bonds. The average Bonchev–Trinajstić information content (AvgIpc) is 2.40. The van der Waals surface area contributed by atoms with Gasteiger partial charge in [0.05, 0.1) is 0 Å². The van der Waals surface area contributed by atoms with E-state index in [-0.39, 0.29) is 5.91 Å².